The molecule has 0 saturated carbocycles. The molecule has 0 radical (unpaired) electrons. The molecule has 6 nitrogen and oxygen atoms in total. The van der Waals surface area contributed by atoms with Gasteiger partial charge in [0, 0.05) is 5.69 Å². The molecule has 1 heterocycles. The molecule has 0 aromatic heterocycles. The number of carbonyl (C=O) groups excluding carboxylic acids is 1. The van der Waals surface area contributed by atoms with Crippen molar-refractivity contribution in [2.24, 2.45) is 0 Å². The van der Waals surface area contributed by atoms with Gasteiger partial charge in [-0.05, 0) is 36.6 Å². The molecule has 3 N–H and O–H groups in total. The van der Waals surface area contributed by atoms with E-state index in [0.29, 0.717) is 17.9 Å². The molecule has 1 atom stereocenters. The molecule has 3 rings (SSSR count). The highest BCUT2D eigenvalue weighted by Gasteiger charge is 2.25. The van der Waals surface area contributed by atoms with Crippen LogP contribution in [0.25, 0.3) is 0 Å². The summed E-state index contributed by atoms with van der Waals surface area (Å²) in [5.74, 6) is 0.201. The van der Waals surface area contributed by atoms with Crippen LogP contribution in [0.3, 0.4) is 0 Å². The summed E-state index contributed by atoms with van der Waals surface area (Å²) < 4.78 is 27.8. The van der Waals surface area contributed by atoms with Crippen molar-refractivity contribution in [2.75, 3.05) is 11.9 Å². The summed E-state index contributed by atoms with van der Waals surface area (Å²) in [4.78, 5) is 16.0. The van der Waals surface area contributed by atoms with Gasteiger partial charge in [-0.1, -0.05) is 49.7 Å². The molecule has 2 aromatic carbocycles. The SMILES string of the molecule is CCC[C@@H](C(=O)Nc1cccc(S(=O)(=O)NC2=[NH+]CCC2)c1)c1ccccc1. The van der Waals surface area contributed by atoms with E-state index in [-0.39, 0.29) is 16.7 Å². The first-order valence-corrected chi connectivity index (χ1v) is 11.1. The maximum absolute atomic E-state index is 12.9. The Hall–Kier alpha value is -2.67. The van der Waals surface area contributed by atoms with Crippen molar-refractivity contribution in [1.82, 2.24) is 4.72 Å². The van der Waals surface area contributed by atoms with Gasteiger partial charge in [-0.3, -0.25) is 9.79 Å². The van der Waals surface area contributed by atoms with E-state index < -0.39 is 10.0 Å². The monoisotopic (exact) mass is 400 g/mol. The van der Waals surface area contributed by atoms with E-state index in [9.17, 15) is 13.2 Å². The van der Waals surface area contributed by atoms with Gasteiger partial charge in [0.05, 0.1) is 18.9 Å². The Balaban J connectivity index is 1.77. The zero-order valence-electron chi connectivity index (χ0n) is 15.9. The number of hydrogen-bond donors (Lipinski definition) is 3. The number of anilines is 1. The number of amidine groups is 1. The fraction of sp³-hybridized carbons (Fsp3) is 0.333. The van der Waals surface area contributed by atoms with Crippen molar-refractivity contribution in [1.29, 1.82) is 0 Å². The summed E-state index contributed by atoms with van der Waals surface area (Å²) in [6.45, 7) is 2.81. The van der Waals surface area contributed by atoms with E-state index in [4.69, 9.17) is 0 Å². The number of benzene rings is 2. The van der Waals surface area contributed by atoms with Gasteiger partial charge in [0.15, 0.2) is 0 Å². The molecule has 148 valence electrons. The molecule has 2 aromatic rings. The van der Waals surface area contributed by atoms with Gasteiger partial charge in [0.25, 0.3) is 5.84 Å². The normalized spacial score (nSPS) is 15.0. The van der Waals surface area contributed by atoms with Crippen LogP contribution in [0.1, 0.15) is 44.1 Å². The van der Waals surface area contributed by atoms with Gasteiger partial charge in [-0.2, -0.15) is 13.1 Å². The molecule has 7 heteroatoms. The van der Waals surface area contributed by atoms with Crippen molar-refractivity contribution in [2.45, 2.75) is 43.4 Å². The summed E-state index contributed by atoms with van der Waals surface area (Å²) in [6.07, 6.45) is 3.19. The number of nitrogens with one attached hydrogen (secondary N) is 3. The fourth-order valence-electron chi connectivity index (χ4n) is 3.29. The summed E-state index contributed by atoms with van der Waals surface area (Å²) in [6, 6.07) is 16.0. The molecule has 0 saturated heterocycles. The van der Waals surface area contributed by atoms with Crippen molar-refractivity contribution in [3.63, 3.8) is 0 Å². The summed E-state index contributed by atoms with van der Waals surface area (Å²) >= 11 is 0. The van der Waals surface area contributed by atoms with E-state index in [2.05, 4.69) is 15.0 Å². The number of hydrogen-bond acceptors (Lipinski definition) is 3. The number of carbonyl (C=O) groups is 1. The van der Waals surface area contributed by atoms with Crippen LogP contribution >= 0.6 is 0 Å². The average molecular weight is 401 g/mol. The van der Waals surface area contributed by atoms with Gasteiger partial charge < -0.3 is 5.32 Å². The predicted molar refractivity (Wildman–Crippen MR) is 110 cm³/mol. The molecule has 0 unspecified atom stereocenters. The lowest BCUT2D eigenvalue weighted by Crippen LogP contribution is -2.72. The Morgan fingerprint density at radius 2 is 1.93 bits per heavy atom. The molecular formula is C21H26N3O3S+. The van der Waals surface area contributed by atoms with Crippen LogP contribution in [0.15, 0.2) is 59.5 Å². The Morgan fingerprint density at radius 3 is 2.61 bits per heavy atom. The molecular weight excluding hydrogens is 374 g/mol. The second kappa shape index (κ2) is 9.01. The van der Waals surface area contributed by atoms with Crippen LogP contribution in [-0.4, -0.2) is 26.7 Å². The molecule has 1 amide bonds. The van der Waals surface area contributed by atoms with Crippen LogP contribution < -0.4 is 15.0 Å². The van der Waals surface area contributed by atoms with Crippen LogP contribution in [0, 0.1) is 0 Å². The minimum Gasteiger partial charge on any atom is -0.326 e. The molecule has 1 aliphatic heterocycles. The van der Waals surface area contributed by atoms with Crippen molar-refractivity contribution >= 4 is 27.5 Å². The van der Waals surface area contributed by atoms with Crippen LogP contribution in [0.2, 0.25) is 0 Å². The van der Waals surface area contributed by atoms with Crippen molar-refractivity contribution in [3.05, 3.63) is 60.2 Å². The first-order valence-electron chi connectivity index (χ1n) is 9.58. The van der Waals surface area contributed by atoms with E-state index in [0.717, 1.165) is 31.4 Å². The largest absolute Gasteiger partial charge is 0.328 e. The number of amides is 1. The number of rotatable bonds is 7. The van der Waals surface area contributed by atoms with Gasteiger partial charge in [0.2, 0.25) is 5.91 Å². The second-order valence-corrected chi connectivity index (χ2v) is 8.57. The molecule has 1 aliphatic rings. The highest BCUT2D eigenvalue weighted by atomic mass is 32.2. The van der Waals surface area contributed by atoms with Gasteiger partial charge in [-0.15, -0.1) is 0 Å². The Labute approximate surface area is 166 Å². The van der Waals surface area contributed by atoms with Gasteiger partial charge in [-0.25, -0.2) is 0 Å². The highest BCUT2D eigenvalue weighted by molar-refractivity contribution is 7.90. The summed E-state index contributed by atoms with van der Waals surface area (Å²) in [5, 5.41) is 2.88. The Kier molecular flexibility index (Phi) is 6.46. The van der Waals surface area contributed by atoms with Gasteiger partial charge >= 0.3 is 10.0 Å². The second-order valence-electron chi connectivity index (χ2n) is 6.88. The van der Waals surface area contributed by atoms with E-state index >= 15 is 0 Å². The zero-order valence-corrected chi connectivity index (χ0v) is 16.8. The van der Waals surface area contributed by atoms with Crippen molar-refractivity contribution in [3.8, 4) is 0 Å². The zero-order chi connectivity index (χ0) is 20.0. The molecule has 0 bridgehead atoms. The molecule has 0 aliphatic carbocycles. The molecule has 0 fully saturated rings. The Morgan fingerprint density at radius 1 is 1.14 bits per heavy atom. The summed E-state index contributed by atoms with van der Waals surface area (Å²) in [5.41, 5.74) is 1.42. The van der Waals surface area contributed by atoms with E-state index in [1.54, 1.807) is 12.1 Å². The third kappa shape index (κ3) is 4.98. The maximum atomic E-state index is 12.9. The summed E-state index contributed by atoms with van der Waals surface area (Å²) in [7, 11) is -3.69. The topological polar surface area (TPSA) is 89.2 Å². The molecule has 0 spiro atoms. The first kappa shape index (κ1) is 20.1. The van der Waals surface area contributed by atoms with Crippen LogP contribution in [0.4, 0.5) is 5.69 Å². The van der Waals surface area contributed by atoms with Crippen LogP contribution in [0.5, 0.6) is 0 Å². The quantitative estimate of drug-likeness (QED) is 0.662. The lowest BCUT2D eigenvalue weighted by molar-refractivity contribution is -0.448. The molecule has 28 heavy (non-hydrogen) atoms. The predicted octanol–water partition coefficient (Wildman–Crippen LogP) is 1.76. The maximum Gasteiger partial charge on any atom is 0.328 e. The Bertz CT molecular complexity index is 956. The fourth-order valence-corrected chi connectivity index (χ4v) is 4.45. The standard InChI is InChI=1S/C21H25N3O3S/c1-2-8-19(16-9-4-3-5-10-16)21(25)23-17-11-6-12-18(15-17)28(26,27)24-20-13-7-14-22-20/h3-6,9-12,15,19H,2,7-8,13-14H2,1H3,(H,22,24)(H,23,25)/p+1/t19-/m1/s1. The van der Waals surface area contributed by atoms with Gasteiger partial charge in [0.1, 0.15) is 4.90 Å². The first-order chi connectivity index (χ1) is 13.5. The van der Waals surface area contributed by atoms with E-state index in [1.807, 2.05) is 37.3 Å². The third-order valence-corrected chi connectivity index (χ3v) is 6.10. The average Bonchev–Trinajstić information content (AvgIpc) is 3.19. The minimum atomic E-state index is -3.69. The smallest absolute Gasteiger partial charge is 0.326 e. The van der Waals surface area contributed by atoms with E-state index in [1.165, 1.54) is 12.1 Å². The lowest BCUT2D eigenvalue weighted by atomic mass is 9.93. The third-order valence-electron chi connectivity index (χ3n) is 4.71. The lowest BCUT2D eigenvalue weighted by Gasteiger charge is -2.17. The van der Waals surface area contributed by atoms with Crippen molar-refractivity contribution < 1.29 is 18.2 Å². The highest BCUT2D eigenvalue weighted by Crippen LogP contribution is 2.24. The number of sulfonamides is 1. The van der Waals surface area contributed by atoms with Crippen LogP contribution in [-0.2, 0) is 14.8 Å². The minimum absolute atomic E-state index is 0.123.